The standard InChI is InChI=1S/C20H30N4O3/c1-3-15(17(25)18-23-14-8-4-5-9-16(14)27-18)24(22)19(26)13(21)12-20(2)10-6-7-11-20/h4-5,8-9,13,15,17,25H,3,6-7,10-12,21-22H2,1-2H3/t13-,15-,17?/m0/s1. The van der Waals surface area contributed by atoms with Crippen molar-refractivity contribution >= 4 is 17.0 Å². The highest BCUT2D eigenvalue weighted by molar-refractivity contribution is 5.81. The Labute approximate surface area is 159 Å². The number of hydrazine groups is 1. The molecule has 1 aliphatic rings. The van der Waals surface area contributed by atoms with Gasteiger partial charge in [0.1, 0.15) is 5.52 Å². The van der Waals surface area contributed by atoms with Crippen LogP contribution in [0.4, 0.5) is 0 Å². The van der Waals surface area contributed by atoms with Crippen LogP contribution in [-0.4, -0.2) is 33.1 Å². The van der Waals surface area contributed by atoms with Gasteiger partial charge in [0.05, 0.1) is 12.1 Å². The van der Waals surface area contributed by atoms with Crippen LogP contribution in [0.3, 0.4) is 0 Å². The van der Waals surface area contributed by atoms with E-state index in [-0.39, 0.29) is 17.2 Å². The van der Waals surface area contributed by atoms with Crippen molar-refractivity contribution in [3.05, 3.63) is 30.2 Å². The molecular formula is C20H30N4O3. The first-order chi connectivity index (χ1) is 12.8. The van der Waals surface area contributed by atoms with Gasteiger partial charge in [0, 0.05) is 0 Å². The molecule has 1 heterocycles. The van der Waals surface area contributed by atoms with Crippen molar-refractivity contribution in [2.24, 2.45) is 17.0 Å². The Morgan fingerprint density at radius 1 is 1.37 bits per heavy atom. The Morgan fingerprint density at radius 2 is 2.04 bits per heavy atom. The lowest BCUT2D eigenvalue weighted by molar-refractivity contribution is -0.139. The summed E-state index contributed by atoms with van der Waals surface area (Å²) in [5, 5.41) is 11.8. The highest BCUT2D eigenvalue weighted by Crippen LogP contribution is 2.41. The Hall–Kier alpha value is -1.96. The van der Waals surface area contributed by atoms with Crippen LogP contribution < -0.4 is 11.6 Å². The third-order valence-electron chi connectivity index (χ3n) is 5.80. The normalized spacial score (nSPS) is 19.7. The highest BCUT2D eigenvalue weighted by Gasteiger charge is 2.37. The van der Waals surface area contributed by atoms with E-state index in [1.165, 1.54) is 12.8 Å². The average Bonchev–Trinajstić information content (AvgIpc) is 3.27. The van der Waals surface area contributed by atoms with Gasteiger partial charge in [-0.2, -0.15) is 0 Å². The highest BCUT2D eigenvalue weighted by atomic mass is 16.4. The van der Waals surface area contributed by atoms with Crippen molar-refractivity contribution in [1.29, 1.82) is 0 Å². The minimum Gasteiger partial charge on any atom is -0.438 e. The number of rotatable bonds is 7. The second-order valence-corrected chi connectivity index (χ2v) is 8.01. The molecule has 1 fully saturated rings. The van der Waals surface area contributed by atoms with E-state index in [0.717, 1.165) is 17.9 Å². The zero-order valence-corrected chi connectivity index (χ0v) is 16.1. The Kier molecular flexibility index (Phi) is 5.83. The van der Waals surface area contributed by atoms with Crippen LogP contribution in [0.25, 0.3) is 11.1 Å². The first-order valence-electron chi connectivity index (χ1n) is 9.71. The third kappa shape index (κ3) is 4.15. The van der Waals surface area contributed by atoms with Gasteiger partial charge in [-0.1, -0.05) is 38.8 Å². The molecule has 1 amide bonds. The molecule has 1 unspecified atom stereocenters. The van der Waals surface area contributed by atoms with Crippen LogP contribution in [0.1, 0.15) is 64.4 Å². The van der Waals surface area contributed by atoms with E-state index in [0.29, 0.717) is 23.9 Å². The molecule has 0 spiro atoms. The number of carbonyl (C=O) groups is 1. The summed E-state index contributed by atoms with van der Waals surface area (Å²) in [7, 11) is 0. The number of aliphatic hydroxyl groups is 1. The van der Waals surface area contributed by atoms with Crippen LogP contribution >= 0.6 is 0 Å². The molecule has 3 atom stereocenters. The number of fused-ring (bicyclic) bond motifs is 1. The van der Waals surface area contributed by atoms with Crippen LogP contribution in [0.2, 0.25) is 0 Å². The summed E-state index contributed by atoms with van der Waals surface area (Å²) in [4.78, 5) is 17.1. The Bertz CT molecular complexity index is 751. The molecule has 0 saturated heterocycles. The number of hydrogen-bond acceptors (Lipinski definition) is 6. The fourth-order valence-electron chi connectivity index (χ4n) is 4.16. The smallest absolute Gasteiger partial charge is 0.253 e. The Morgan fingerprint density at radius 3 is 2.67 bits per heavy atom. The molecule has 3 rings (SSSR count). The summed E-state index contributed by atoms with van der Waals surface area (Å²) in [6.07, 6.45) is 4.46. The van der Waals surface area contributed by atoms with E-state index in [1.54, 1.807) is 12.1 Å². The summed E-state index contributed by atoms with van der Waals surface area (Å²) >= 11 is 0. The molecule has 1 aromatic heterocycles. The second kappa shape index (κ2) is 7.96. The predicted molar refractivity (Wildman–Crippen MR) is 103 cm³/mol. The van der Waals surface area contributed by atoms with Crippen molar-refractivity contribution in [3.8, 4) is 0 Å². The first-order valence-corrected chi connectivity index (χ1v) is 9.71. The van der Waals surface area contributed by atoms with Crippen molar-refractivity contribution in [1.82, 2.24) is 9.99 Å². The van der Waals surface area contributed by atoms with Gasteiger partial charge in [0.15, 0.2) is 11.7 Å². The molecule has 5 N–H and O–H groups in total. The number of para-hydroxylation sites is 2. The van der Waals surface area contributed by atoms with Gasteiger partial charge in [-0.3, -0.25) is 9.80 Å². The van der Waals surface area contributed by atoms with Gasteiger partial charge < -0.3 is 15.3 Å². The largest absolute Gasteiger partial charge is 0.438 e. The summed E-state index contributed by atoms with van der Waals surface area (Å²) in [6, 6.07) is 5.93. The number of nitrogens with zero attached hydrogens (tertiary/aromatic N) is 2. The van der Waals surface area contributed by atoms with Gasteiger partial charge in [0.25, 0.3) is 5.91 Å². The predicted octanol–water partition coefficient (Wildman–Crippen LogP) is 2.64. The molecule has 1 aromatic carbocycles. The zero-order valence-electron chi connectivity index (χ0n) is 16.1. The van der Waals surface area contributed by atoms with Gasteiger partial charge >= 0.3 is 0 Å². The van der Waals surface area contributed by atoms with Crippen molar-refractivity contribution in [3.63, 3.8) is 0 Å². The molecule has 2 aromatic rings. The summed E-state index contributed by atoms with van der Waals surface area (Å²) in [6.45, 7) is 4.03. The maximum Gasteiger partial charge on any atom is 0.253 e. The molecule has 1 aliphatic carbocycles. The quantitative estimate of drug-likeness (QED) is 0.389. The van der Waals surface area contributed by atoms with E-state index in [9.17, 15) is 9.90 Å². The lowest BCUT2D eigenvalue weighted by atomic mass is 9.82. The van der Waals surface area contributed by atoms with Crippen LogP contribution in [0, 0.1) is 5.41 Å². The molecule has 27 heavy (non-hydrogen) atoms. The number of carbonyl (C=O) groups excluding carboxylic acids is 1. The SMILES string of the molecule is CC[C@@H](C(O)c1nc2ccccc2o1)N(N)C(=O)[C@@H](N)CC1(C)CCCC1. The number of amides is 1. The van der Waals surface area contributed by atoms with Crippen molar-refractivity contribution < 1.29 is 14.3 Å². The minimum absolute atomic E-state index is 0.0938. The van der Waals surface area contributed by atoms with Gasteiger partial charge in [-0.15, -0.1) is 0 Å². The summed E-state index contributed by atoms with van der Waals surface area (Å²) < 4.78 is 5.64. The van der Waals surface area contributed by atoms with Gasteiger partial charge in [-0.05, 0) is 43.2 Å². The van der Waals surface area contributed by atoms with Crippen molar-refractivity contribution in [2.45, 2.75) is 70.6 Å². The molecular weight excluding hydrogens is 344 g/mol. The lowest BCUT2D eigenvalue weighted by Crippen LogP contribution is -2.55. The lowest BCUT2D eigenvalue weighted by Gasteiger charge is -2.33. The zero-order chi connectivity index (χ0) is 19.6. The maximum atomic E-state index is 12.8. The molecule has 0 aliphatic heterocycles. The van der Waals surface area contributed by atoms with Crippen molar-refractivity contribution in [2.75, 3.05) is 0 Å². The fourth-order valence-corrected chi connectivity index (χ4v) is 4.16. The van der Waals surface area contributed by atoms with Crippen LogP contribution in [-0.2, 0) is 4.79 Å². The van der Waals surface area contributed by atoms with Gasteiger partial charge in [0.2, 0.25) is 5.89 Å². The van der Waals surface area contributed by atoms with E-state index < -0.39 is 18.2 Å². The summed E-state index contributed by atoms with van der Waals surface area (Å²) in [5.41, 5.74) is 7.52. The van der Waals surface area contributed by atoms with Gasteiger partial charge in [-0.25, -0.2) is 10.8 Å². The topological polar surface area (TPSA) is 119 Å². The Balaban J connectivity index is 1.71. The molecule has 148 valence electrons. The maximum absolute atomic E-state index is 12.8. The molecule has 7 nitrogen and oxygen atoms in total. The number of nitrogens with two attached hydrogens (primary N) is 2. The third-order valence-corrected chi connectivity index (χ3v) is 5.80. The van der Waals surface area contributed by atoms with E-state index in [2.05, 4.69) is 11.9 Å². The number of aliphatic hydroxyl groups excluding tert-OH is 1. The molecule has 0 radical (unpaired) electrons. The number of aromatic nitrogens is 1. The first kappa shape index (κ1) is 19.8. The van der Waals surface area contributed by atoms with E-state index in [1.807, 2.05) is 19.1 Å². The summed E-state index contributed by atoms with van der Waals surface area (Å²) in [5.74, 6) is 5.90. The van der Waals surface area contributed by atoms with E-state index >= 15 is 0 Å². The average molecular weight is 374 g/mol. The minimum atomic E-state index is -1.12. The molecule has 0 bridgehead atoms. The number of benzene rings is 1. The van der Waals surface area contributed by atoms with E-state index in [4.69, 9.17) is 16.0 Å². The number of hydrogen-bond donors (Lipinski definition) is 3. The molecule has 7 heteroatoms. The fraction of sp³-hybridized carbons (Fsp3) is 0.600. The number of oxazole rings is 1. The monoisotopic (exact) mass is 374 g/mol. The molecule has 1 saturated carbocycles. The van der Waals surface area contributed by atoms with Crippen LogP contribution in [0.15, 0.2) is 28.7 Å². The second-order valence-electron chi connectivity index (χ2n) is 8.01. The van der Waals surface area contributed by atoms with Crippen LogP contribution in [0.5, 0.6) is 0 Å².